The van der Waals surface area contributed by atoms with Gasteiger partial charge in [0.05, 0.1) is 5.41 Å². The summed E-state index contributed by atoms with van der Waals surface area (Å²) in [7, 11) is -3.77. The monoisotopic (exact) mass is 294 g/mol. The zero-order valence-electron chi connectivity index (χ0n) is 9.86. The van der Waals surface area contributed by atoms with E-state index in [0.29, 0.717) is 5.02 Å². The van der Waals surface area contributed by atoms with Gasteiger partial charge in [0.15, 0.2) is 0 Å². The Morgan fingerprint density at radius 2 is 1.58 bits per heavy atom. The van der Waals surface area contributed by atoms with E-state index in [1.165, 1.54) is 18.2 Å². The number of rotatable bonds is 4. The van der Waals surface area contributed by atoms with E-state index in [9.17, 15) is 8.42 Å². The Labute approximate surface area is 117 Å². The molecule has 0 heterocycles. The second-order valence-electron chi connectivity index (χ2n) is 3.74. The highest BCUT2D eigenvalue weighted by Gasteiger charge is 2.07. The molecule has 0 aliphatic heterocycles. The summed E-state index contributed by atoms with van der Waals surface area (Å²) in [6.07, 6.45) is 1.48. The largest absolute Gasteiger partial charge is 0.379 e. The molecule has 0 unspecified atom stereocenters. The summed E-state index contributed by atoms with van der Waals surface area (Å²) in [6.45, 7) is 0. The van der Waals surface area contributed by atoms with E-state index in [1.54, 1.807) is 24.3 Å². The minimum absolute atomic E-state index is 0.224. The molecule has 0 fully saturated rings. The van der Waals surface area contributed by atoms with Crippen LogP contribution in [0.5, 0.6) is 5.75 Å². The highest BCUT2D eigenvalue weighted by atomic mass is 35.5. The first kappa shape index (κ1) is 13.6. The van der Waals surface area contributed by atoms with Crippen molar-refractivity contribution in [3.05, 3.63) is 70.6 Å². The predicted octanol–water partition coefficient (Wildman–Crippen LogP) is 3.72. The number of halogens is 1. The van der Waals surface area contributed by atoms with Gasteiger partial charge in [-0.2, -0.15) is 8.42 Å². The fraction of sp³-hybridized carbons (Fsp3) is 0. The lowest BCUT2D eigenvalue weighted by Crippen LogP contribution is -2.04. The van der Waals surface area contributed by atoms with Gasteiger partial charge in [-0.1, -0.05) is 41.9 Å². The highest BCUT2D eigenvalue weighted by Crippen LogP contribution is 2.18. The molecule has 3 nitrogen and oxygen atoms in total. The summed E-state index contributed by atoms with van der Waals surface area (Å²) in [4.78, 5) is 0. The Balaban J connectivity index is 2.11. The van der Waals surface area contributed by atoms with E-state index in [-0.39, 0.29) is 5.75 Å². The van der Waals surface area contributed by atoms with Gasteiger partial charge >= 0.3 is 10.1 Å². The van der Waals surface area contributed by atoms with Crippen LogP contribution in [0.15, 0.2) is 60.0 Å². The second kappa shape index (κ2) is 5.91. The van der Waals surface area contributed by atoms with Gasteiger partial charge in [-0.15, -0.1) is 0 Å². The molecule has 0 saturated heterocycles. The molecule has 98 valence electrons. The van der Waals surface area contributed by atoms with E-state index in [4.69, 9.17) is 15.8 Å². The molecule has 2 rings (SSSR count). The van der Waals surface area contributed by atoms with Crippen LogP contribution < -0.4 is 4.18 Å². The maximum Gasteiger partial charge on any atom is 0.332 e. The molecule has 0 atom stereocenters. The predicted molar refractivity (Wildman–Crippen MR) is 76.5 cm³/mol. The summed E-state index contributed by atoms with van der Waals surface area (Å²) in [5, 5.41) is 1.54. The molecule has 0 aliphatic rings. The van der Waals surface area contributed by atoms with Crippen LogP contribution in [0.4, 0.5) is 0 Å². The van der Waals surface area contributed by atoms with Crippen LogP contribution in [0.25, 0.3) is 6.08 Å². The first-order chi connectivity index (χ1) is 9.05. The zero-order valence-corrected chi connectivity index (χ0v) is 11.4. The number of hydrogen-bond donors (Lipinski definition) is 0. The standard InChI is InChI=1S/C14H11ClO3S/c15-13-6-8-14(9-7-13)18-19(16,17)11-10-12-4-2-1-3-5-12/h1-11H/b11-10+. The second-order valence-corrected chi connectivity index (χ2v) is 5.60. The van der Waals surface area contributed by atoms with E-state index >= 15 is 0 Å². The number of benzene rings is 2. The summed E-state index contributed by atoms with van der Waals surface area (Å²) in [5.74, 6) is 0.224. The smallest absolute Gasteiger partial charge is 0.332 e. The molecular formula is C14H11ClO3S. The van der Waals surface area contributed by atoms with Gasteiger partial charge in [0.2, 0.25) is 0 Å². The molecule has 19 heavy (non-hydrogen) atoms. The van der Waals surface area contributed by atoms with E-state index in [0.717, 1.165) is 11.0 Å². The molecule has 2 aromatic rings. The van der Waals surface area contributed by atoms with E-state index < -0.39 is 10.1 Å². The van der Waals surface area contributed by atoms with Crippen molar-refractivity contribution >= 4 is 27.8 Å². The van der Waals surface area contributed by atoms with Crippen LogP contribution in [-0.2, 0) is 10.1 Å². The Morgan fingerprint density at radius 1 is 0.947 bits per heavy atom. The molecule has 0 saturated carbocycles. The van der Waals surface area contributed by atoms with Crippen molar-refractivity contribution in [3.63, 3.8) is 0 Å². The average Bonchev–Trinajstić information content (AvgIpc) is 2.40. The van der Waals surface area contributed by atoms with Crippen LogP contribution in [0.2, 0.25) is 5.02 Å². The molecular weight excluding hydrogens is 284 g/mol. The fourth-order valence-electron chi connectivity index (χ4n) is 1.38. The zero-order chi connectivity index (χ0) is 13.7. The molecule has 0 aromatic heterocycles. The molecule has 0 spiro atoms. The molecule has 0 aliphatic carbocycles. The first-order valence-corrected chi connectivity index (χ1v) is 7.33. The van der Waals surface area contributed by atoms with Crippen molar-refractivity contribution in [1.82, 2.24) is 0 Å². The van der Waals surface area contributed by atoms with Gasteiger partial charge in [0.25, 0.3) is 0 Å². The van der Waals surface area contributed by atoms with Gasteiger partial charge in [-0.05, 0) is 35.9 Å². The van der Waals surface area contributed by atoms with Crippen LogP contribution in [0.1, 0.15) is 5.56 Å². The van der Waals surface area contributed by atoms with Crippen molar-refractivity contribution in [2.75, 3.05) is 0 Å². The Bertz CT molecular complexity index is 662. The Morgan fingerprint density at radius 3 is 2.21 bits per heavy atom. The Kier molecular flexibility index (Phi) is 4.24. The van der Waals surface area contributed by atoms with Gasteiger partial charge in [-0.3, -0.25) is 0 Å². The lowest BCUT2D eigenvalue weighted by Gasteiger charge is -2.02. The van der Waals surface area contributed by atoms with Gasteiger partial charge in [0, 0.05) is 5.02 Å². The molecule has 2 aromatic carbocycles. The van der Waals surface area contributed by atoms with Crippen LogP contribution in [0.3, 0.4) is 0 Å². The number of hydrogen-bond acceptors (Lipinski definition) is 3. The highest BCUT2D eigenvalue weighted by molar-refractivity contribution is 7.90. The normalized spacial score (nSPS) is 11.6. The van der Waals surface area contributed by atoms with Crippen molar-refractivity contribution < 1.29 is 12.6 Å². The minimum Gasteiger partial charge on any atom is -0.379 e. The van der Waals surface area contributed by atoms with Gasteiger partial charge in [0.1, 0.15) is 5.75 Å². The van der Waals surface area contributed by atoms with E-state index in [1.807, 2.05) is 18.2 Å². The van der Waals surface area contributed by atoms with Crippen LogP contribution >= 0.6 is 11.6 Å². The lowest BCUT2D eigenvalue weighted by atomic mass is 10.2. The lowest BCUT2D eigenvalue weighted by molar-refractivity contribution is 0.497. The summed E-state index contributed by atoms with van der Waals surface area (Å²) in [5.41, 5.74) is 0.783. The van der Waals surface area contributed by atoms with E-state index in [2.05, 4.69) is 0 Å². The minimum atomic E-state index is -3.77. The quantitative estimate of drug-likeness (QED) is 0.807. The molecule has 0 bridgehead atoms. The molecule has 0 N–H and O–H groups in total. The molecule has 0 amide bonds. The van der Waals surface area contributed by atoms with Crippen LogP contribution in [0, 0.1) is 0 Å². The molecule has 5 heteroatoms. The van der Waals surface area contributed by atoms with Gasteiger partial charge in [-0.25, -0.2) is 0 Å². The molecule has 0 radical (unpaired) electrons. The maximum absolute atomic E-state index is 11.7. The third kappa shape index (κ3) is 4.43. The van der Waals surface area contributed by atoms with Crippen LogP contribution in [-0.4, -0.2) is 8.42 Å². The van der Waals surface area contributed by atoms with Crippen molar-refractivity contribution in [2.24, 2.45) is 0 Å². The average molecular weight is 295 g/mol. The summed E-state index contributed by atoms with van der Waals surface area (Å²) < 4.78 is 28.3. The first-order valence-electron chi connectivity index (χ1n) is 5.48. The third-order valence-electron chi connectivity index (χ3n) is 2.25. The third-order valence-corrected chi connectivity index (χ3v) is 3.40. The van der Waals surface area contributed by atoms with Crippen molar-refractivity contribution in [2.45, 2.75) is 0 Å². The van der Waals surface area contributed by atoms with Crippen molar-refractivity contribution in [3.8, 4) is 5.75 Å². The maximum atomic E-state index is 11.7. The summed E-state index contributed by atoms with van der Waals surface area (Å²) in [6, 6.07) is 15.2. The summed E-state index contributed by atoms with van der Waals surface area (Å²) >= 11 is 5.71. The topological polar surface area (TPSA) is 43.4 Å². The fourth-order valence-corrected chi connectivity index (χ4v) is 2.26. The SMILES string of the molecule is O=S(=O)(/C=C/c1ccccc1)Oc1ccc(Cl)cc1. The van der Waals surface area contributed by atoms with Gasteiger partial charge < -0.3 is 4.18 Å². The Hall–Kier alpha value is -1.78. The van der Waals surface area contributed by atoms with Crippen molar-refractivity contribution in [1.29, 1.82) is 0 Å².